The minimum absolute atomic E-state index is 0.0464. The summed E-state index contributed by atoms with van der Waals surface area (Å²) in [6, 6.07) is 0. The molecule has 0 fully saturated rings. The minimum atomic E-state index is -4.65. The summed E-state index contributed by atoms with van der Waals surface area (Å²) in [5.74, 6) is -0.929. The summed E-state index contributed by atoms with van der Waals surface area (Å²) in [5.41, 5.74) is 0. The summed E-state index contributed by atoms with van der Waals surface area (Å²) in [4.78, 5) is 37.7. The molecule has 0 bridgehead atoms. The number of hydrogen-bond donors (Lipinski definition) is 0. The molecule has 0 N–H and O–H groups in total. The molecule has 0 saturated carbocycles. The molecule has 0 saturated heterocycles. The van der Waals surface area contributed by atoms with Crippen LogP contribution in [0.1, 0.15) is 213 Å². The molecule has 0 aromatic rings. The topological polar surface area (TPSA) is 111 Å². The molecule has 0 amide bonds. The third kappa shape index (κ3) is 50.7. The molecule has 10 heteroatoms. The van der Waals surface area contributed by atoms with Crippen molar-refractivity contribution in [3.8, 4) is 0 Å². The summed E-state index contributed by atoms with van der Waals surface area (Å²) >= 11 is 0. The molecule has 9 nitrogen and oxygen atoms in total. The molecule has 0 spiro atoms. The van der Waals surface area contributed by atoms with Crippen LogP contribution in [0, 0.1) is 0 Å². The molecule has 0 heterocycles. The summed E-state index contributed by atoms with van der Waals surface area (Å²) in [7, 11) is 1.12. The van der Waals surface area contributed by atoms with Gasteiger partial charge in [0, 0.05) is 12.8 Å². The van der Waals surface area contributed by atoms with Gasteiger partial charge in [-0.3, -0.25) is 14.2 Å². The second-order valence-corrected chi connectivity index (χ2v) is 19.9. The lowest BCUT2D eigenvalue weighted by atomic mass is 10.0. The zero-order valence-electron chi connectivity index (χ0n) is 42.4. The number of carbonyl (C=O) groups is 2. The Morgan fingerprint density at radius 1 is 0.492 bits per heavy atom. The van der Waals surface area contributed by atoms with E-state index in [1.165, 1.54) is 122 Å². The van der Waals surface area contributed by atoms with Crippen molar-refractivity contribution in [1.29, 1.82) is 0 Å². The Hall–Kier alpha value is -2.55. The van der Waals surface area contributed by atoms with E-state index in [0.717, 1.165) is 57.8 Å². The van der Waals surface area contributed by atoms with Crippen molar-refractivity contribution in [2.24, 2.45) is 0 Å². The Balaban J connectivity index is 4.32. The maximum absolute atomic E-state index is 12.7. The molecular formula is C55H98NO8P. The quantitative estimate of drug-likeness (QED) is 0.0195. The fourth-order valence-electron chi connectivity index (χ4n) is 6.98. The number of allylic oxidation sites excluding steroid dienone is 12. The molecule has 0 aliphatic rings. The predicted octanol–water partition coefficient (Wildman–Crippen LogP) is 15.1. The van der Waals surface area contributed by atoms with Gasteiger partial charge in [0.15, 0.2) is 6.10 Å². The van der Waals surface area contributed by atoms with Crippen molar-refractivity contribution in [1.82, 2.24) is 0 Å². The molecule has 0 aliphatic heterocycles. The van der Waals surface area contributed by atoms with Crippen LogP contribution >= 0.6 is 7.82 Å². The maximum atomic E-state index is 12.7. The van der Waals surface area contributed by atoms with Gasteiger partial charge in [0.1, 0.15) is 19.8 Å². The lowest BCUT2D eigenvalue weighted by Crippen LogP contribution is -2.37. The first-order valence-corrected chi connectivity index (χ1v) is 27.6. The van der Waals surface area contributed by atoms with Gasteiger partial charge in [0.2, 0.25) is 0 Å². The Bertz CT molecular complexity index is 1330. The van der Waals surface area contributed by atoms with E-state index in [1.54, 1.807) is 0 Å². The molecule has 0 rings (SSSR count). The molecule has 0 aliphatic carbocycles. The van der Waals surface area contributed by atoms with E-state index in [9.17, 15) is 19.0 Å². The first kappa shape index (κ1) is 62.4. The standard InChI is InChI=1S/C55H98NO8P/c1-6-8-10-12-14-16-18-20-22-24-26-27-28-30-31-33-35-37-39-41-43-45-47-54(57)61-51-53(52-63-65(59,60)62-50-49-56(3,4)5)64-55(58)48-46-44-42-40-38-36-34-32-29-25-23-21-19-17-15-13-11-9-7-2/h9,11,15,17,21,23,29,32,36,38,42,44,53H,6-8,10,12-14,16,18-20,22,24-28,30-31,33-35,37,39-41,43,45-52H2,1-5H3/b11-9+,17-15+,23-21+,32-29+,38-36+,44-42+/t53-/m1/s1. The van der Waals surface area contributed by atoms with E-state index in [4.69, 9.17) is 18.5 Å². The highest BCUT2D eigenvalue weighted by molar-refractivity contribution is 7.45. The first-order valence-electron chi connectivity index (χ1n) is 26.1. The molecule has 2 atom stereocenters. The average Bonchev–Trinajstić information content (AvgIpc) is 3.26. The largest absolute Gasteiger partial charge is 0.756 e. The highest BCUT2D eigenvalue weighted by Gasteiger charge is 2.21. The number of likely N-dealkylation sites (N-methyl/N-ethyl adjacent to an activating group) is 1. The van der Waals surface area contributed by atoms with Crippen molar-refractivity contribution in [3.63, 3.8) is 0 Å². The molecule has 1 unspecified atom stereocenters. The minimum Gasteiger partial charge on any atom is -0.756 e. The Labute approximate surface area is 399 Å². The van der Waals surface area contributed by atoms with Gasteiger partial charge >= 0.3 is 11.9 Å². The number of quaternary nitrogens is 1. The highest BCUT2D eigenvalue weighted by atomic mass is 31.2. The predicted molar refractivity (Wildman–Crippen MR) is 273 cm³/mol. The van der Waals surface area contributed by atoms with E-state index in [2.05, 4.69) is 74.6 Å². The van der Waals surface area contributed by atoms with Crippen LogP contribution < -0.4 is 4.89 Å². The maximum Gasteiger partial charge on any atom is 0.306 e. The summed E-state index contributed by atoms with van der Waals surface area (Å²) in [5, 5.41) is 0. The number of phosphoric ester groups is 1. The first-order chi connectivity index (χ1) is 31.5. The van der Waals surface area contributed by atoms with Crippen LogP contribution in [-0.2, 0) is 32.7 Å². The van der Waals surface area contributed by atoms with Gasteiger partial charge in [-0.2, -0.15) is 0 Å². The van der Waals surface area contributed by atoms with Crippen molar-refractivity contribution in [3.05, 3.63) is 72.9 Å². The SMILES string of the molecule is CC/C=C/C/C=C/C/C=C/C/C=C/C/C=C/C/C=C/CCC(=O)O[C@H](COC(=O)CCCCCCCCCCCCCCCCCCCCCCCC)COP(=O)([O-])OCC[N+](C)(C)C. The van der Waals surface area contributed by atoms with Crippen LogP contribution in [0.2, 0.25) is 0 Å². The van der Waals surface area contributed by atoms with Crippen molar-refractivity contribution >= 4 is 19.8 Å². The van der Waals surface area contributed by atoms with Crippen molar-refractivity contribution in [2.45, 2.75) is 219 Å². The number of unbranched alkanes of at least 4 members (excludes halogenated alkanes) is 21. The molecule has 65 heavy (non-hydrogen) atoms. The Morgan fingerprint density at radius 2 is 0.877 bits per heavy atom. The summed E-state index contributed by atoms with van der Waals surface area (Å²) < 4.78 is 34.0. The van der Waals surface area contributed by atoms with Crippen LogP contribution in [0.4, 0.5) is 0 Å². The number of phosphoric acid groups is 1. The second-order valence-electron chi connectivity index (χ2n) is 18.5. The Kier molecular flexibility index (Phi) is 44.7. The lowest BCUT2D eigenvalue weighted by Gasteiger charge is -2.28. The monoisotopic (exact) mass is 932 g/mol. The van der Waals surface area contributed by atoms with Crippen LogP contribution in [0.15, 0.2) is 72.9 Å². The smallest absolute Gasteiger partial charge is 0.306 e. The lowest BCUT2D eigenvalue weighted by molar-refractivity contribution is -0.870. The van der Waals surface area contributed by atoms with Gasteiger partial charge in [-0.1, -0.05) is 222 Å². The van der Waals surface area contributed by atoms with E-state index < -0.39 is 32.5 Å². The highest BCUT2D eigenvalue weighted by Crippen LogP contribution is 2.38. The third-order valence-corrected chi connectivity index (χ3v) is 12.0. The molecule has 0 aromatic carbocycles. The molecule has 0 aromatic heterocycles. The van der Waals surface area contributed by atoms with E-state index in [1.807, 2.05) is 33.3 Å². The van der Waals surface area contributed by atoms with Crippen molar-refractivity contribution < 1.29 is 42.1 Å². The number of esters is 2. The third-order valence-electron chi connectivity index (χ3n) is 11.0. The number of rotatable bonds is 47. The van der Waals surface area contributed by atoms with Gasteiger partial charge in [-0.05, 0) is 51.4 Å². The van der Waals surface area contributed by atoms with Gasteiger partial charge in [0.25, 0.3) is 7.82 Å². The van der Waals surface area contributed by atoms with Gasteiger partial charge in [0.05, 0.1) is 27.7 Å². The summed E-state index contributed by atoms with van der Waals surface area (Å²) in [6.45, 7) is 4.05. The van der Waals surface area contributed by atoms with Gasteiger partial charge in [-0.15, -0.1) is 0 Å². The van der Waals surface area contributed by atoms with E-state index >= 15 is 0 Å². The number of carbonyl (C=O) groups excluding carboxylic acids is 2. The molecule has 0 radical (unpaired) electrons. The van der Waals surface area contributed by atoms with Crippen LogP contribution in [0.5, 0.6) is 0 Å². The van der Waals surface area contributed by atoms with Crippen LogP contribution in [0.25, 0.3) is 0 Å². The van der Waals surface area contributed by atoms with Gasteiger partial charge < -0.3 is 27.9 Å². The van der Waals surface area contributed by atoms with E-state index in [0.29, 0.717) is 17.4 Å². The van der Waals surface area contributed by atoms with Gasteiger partial charge in [-0.25, -0.2) is 0 Å². The number of nitrogens with zero attached hydrogens (tertiary/aromatic N) is 1. The number of ether oxygens (including phenoxy) is 2. The summed E-state index contributed by atoms with van der Waals surface area (Å²) in [6.07, 6.45) is 59.6. The fourth-order valence-corrected chi connectivity index (χ4v) is 7.70. The number of hydrogen-bond acceptors (Lipinski definition) is 8. The fraction of sp³-hybridized carbons (Fsp3) is 0.745. The second kappa shape index (κ2) is 46.6. The Morgan fingerprint density at radius 3 is 1.28 bits per heavy atom. The zero-order chi connectivity index (χ0) is 47.8. The van der Waals surface area contributed by atoms with E-state index in [-0.39, 0.29) is 26.1 Å². The molecular weight excluding hydrogens is 834 g/mol. The van der Waals surface area contributed by atoms with Crippen LogP contribution in [0.3, 0.4) is 0 Å². The average molecular weight is 932 g/mol. The molecule has 376 valence electrons. The normalized spacial score (nSPS) is 14.0. The van der Waals surface area contributed by atoms with Crippen molar-refractivity contribution in [2.75, 3.05) is 47.5 Å². The zero-order valence-corrected chi connectivity index (χ0v) is 43.3. The van der Waals surface area contributed by atoms with Crippen LogP contribution in [-0.4, -0.2) is 70.0 Å².